The van der Waals surface area contributed by atoms with Gasteiger partial charge in [-0.05, 0) is 55.2 Å². The van der Waals surface area contributed by atoms with Gasteiger partial charge in [-0.15, -0.1) is 0 Å². The van der Waals surface area contributed by atoms with Crippen LogP contribution in [0, 0.1) is 13.8 Å². The zero-order valence-corrected chi connectivity index (χ0v) is 17.1. The van der Waals surface area contributed by atoms with E-state index in [0.717, 1.165) is 16.8 Å². The van der Waals surface area contributed by atoms with Crippen LogP contribution in [0.1, 0.15) is 37.0 Å². The molecule has 0 atom stereocenters. The maximum Gasteiger partial charge on any atom is 0.278 e. The molecule has 0 spiro atoms. The first-order valence-electron chi connectivity index (χ1n) is 9.64. The van der Waals surface area contributed by atoms with Crippen LogP contribution in [0.15, 0.2) is 48.2 Å². The molecule has 2 N–H and O–H groups in total. The van der Waals surface area contributed by atoms with Gasteiger partial charge in [0.15, 0.2) is 0 Å². The van der Waals surface area contributed by atoms with Crippen molar-refractivity contribution in [3.8, 4) is 0 Å². The molecule has 3 rings (SSSR count). The van der Waals surface area contributed by atoms with Gasteiger partial charge in [0.2, 0.25) is 5.91 Å². The molecule has 0 aliphatic carbocycles. The fourth-order valence-corrected chi connectivity index (χ4v) is 3.32. The number of aryl methyl sites for hydroxylation is 2. The molecular weight excluding hydrogens is 366 g/mol. The minimum Gasteiger partial charge on any atom is -0.350 e. The molecule has 0 aromatic heterocycles. The zero-order valence-electron chi connectivity index (χ0n) is 17.1. The number of rotatable bonds is 6. The van der Waals surface area contributed by atoms with Gasteiger partial charge in [-0.1, -0.05) is 31.2 Å². The molecular formula is C23H25N3O3. The van der Waals surface area contributed by atoms with E-state index in [9.17, 15) is 14.4 Å². The molecule has 2 aromatic carbocycles. The predicted octanol–water partition coefficient (Wildman–Crippen LogP) is 3.86. The molecule has 6 nitrogen and oxygen atoms in total. The van der Waals surface area contributed by atoms with Crippen molar-refractivity contribution < 1.29 is 14.4 Å². The average molecular weight is 391 g/mol. The van der Waals surface area contributed by atoms with Crippen molar-refractivity contribution in [3.63, 3.8) is 0 Å². The summed E-state index contributed by atoms with van der Waals surface area (Å²) < 4.78 is 0. The number of carbonyl (C=O) groups is 3. The topological polar surface area (TPSA) is 78.5 Å². The third kappa shape index (κ3) is 4.21. The first kappa shape index (κ1) is 20.3. The minimum atomic E-state index is -0.321. The van der Waals surface area contributed by atoms with E-state index in [1.807, 2.05) is 39.0 Å². The lowest BCUT2D eigenvalue weighted by Gasteiger charge is -2.14. The summed E-state index contributed by atoms with van der Waals surface area (Å²) in [7, 11) is 0. The Morgan fingerprint density at radius 1 is 1.00 bits per heavy atom. The van der Waals surface area contributed by atoms with E-state index in [0.29, 0.717) is 29.8 Å². The van der Waals surface area contributed by atoms with Crippen molar-refractivity contribution in [3.05, 3.63) is 64.9 Å². The number of anilines is 2. The van der Waals surface area contributed by atoms with E-state index < -0.39 is 0 Å². The SMILES string of the molecule is CCCN1C(=O)C(Nc2cc(C)ccc2C)=C(c2ccc(NC(C)=O)cc2)C1=O. The van der Waals surface area contributed by atoms with Gasteiger partial charge in [-0.25, -0.2) is 0 Å². The summed E-state index contributed by atoms with van der Waals surface area (Å²) in [6.07, 6.45) is 0.684. The monoisotopic (exact) mass is 391 g/mol. The van der Waals surface area contributed by atoms with Gasteiger partial charge in [0.1, 0.15) is 5.70 Å². The van der Waals surface area contributed by atoms with Gasteiger partial charge < -0.3 is 10.6 Å². The Kier molecular flexibility index (Phi) is 5.82. The summed E-state index contributed by atoms with van der Waals surface area (Å²) in [4.78, 5) is 38.6. The van der Waals surface area contributed by atoms with Gasteiger partial charge in [-0.3, -0.25) is 19.3 Å². The van der Waals surface area contributed by atoms with Crippen LogP contribution in [0.5, 0.6) is 0 Å². The number of benzene rings is 2. The van der Waals surface area contributed by atoms with Crippen molar-refractivity contribution in [2.24, 2.45) is 0 Å². The molecule has 3 amide bonds. The fraction of sp³-hybridized carbons (Fsp3) is 0.261. The lowest BCUT2D eigenvalue weighted by atomic mass is 10.0. The average Bonchev–Trinajstić information content (AvgIpc) is 2.90. The van der Waals surface area contributed by atoms with Crippen LogP contribution in [-0.4, -0.2) is 29.2 Å². The normalized spacial score (nSPS) is 13.9. The first-order chi connectivity index (χ1) is 13.8. The molecule has 0 unspecified atom stereocenters. The molecule has 0 saturated carbocycles. The highest BCUT2D eigenvalue weighted by molar-refractivity contribution is 6.36. The maximum absolute atomic E-state index is 13.1. The van der Waals surface area contributed by atoms with Crippen LogP contribution in [0.3, 0.4) is 0 Å². The Balaban J connectivity index is 2.05. The van der Waals surface area contributed by atoms with Crippen LogP contribution in [0.2, 0.25) is 0 Å². The van der Waals surface area contributed by atoms with Gasteiger partial charge in [-0.2, -0.15) is 0 Å². The molecule has 0 saturated heterocycles. The lowest BCUT2D eigenvalue weighted by Crippen LogP contribution is -2.33. The molecule has 29 heavy (non-hydrogen) atoms. The number of imide groups is 1. The molecule has 2 aromatic rings. The third-order valence-corrected chi connectivity index (χ3v) is 4.76. The minimum absolute atomic E-state index is 0.171. The Morgan fingerprint density at radius 2 is 1.69 bits per heavy atom. The number of amides is 3. The maximum atomic E-state index is 13.1. The summed E-state index contributed by atoms with van der Waals surface area (Å²) in [5, 5.41) is 5.92. The van der Waals surface area contributed by atoms with Crippen LogP contribution < -0.4 is 10.6 Å². The largest absolute Gasteiger partial charge is 0.350 e. The highest BCUT2D eigenvalue weighted by Gasteiger charge is 2.38. The molecule has 0 fully saturated rings. The van der Waals surface area contributed by atoms with Crippen molar-refractivity contribution >= 4 is 34.7 Å². The Hall–Kier alpha value is -3.41. The third-order valence-electron chi connectivity index (χ3n) is 4.76. The van der Waals surface area contributed by atoms with E-state index in [1.165, 1.54) is 11.8 Å². The Labute approximate surface area is 170 Å². The van der Waals surface area contributed by atoms with E-state index in [1.54, 1.807) is 24.3 Å². The zero-order chi connectivity index (χ0) is 21.1. The number of hydrogen-bond acceptors (Lipinski definition) is 4. The number of nitrogens with one attached hydrogen (secondary N) is 2. The molecule has 6 heteroatoms. The molecule has 1 aliphatic rings. The van der Waals surface area contributed by atoms with Gasteiger partial charge in [0.25, 0.3) is 11.8 Å². The summed E-state index contributed by atoms with van der Waals surface area (Å²) in [6.45, 7) is 7.66. The van der Waals surface area contributed by atoms with Crippen LogP contribution in [-0.2, 0) is 14.4 Å². The number of carbonyl (C=O) groups excluding carboxylic acids is 3. The molecule has 0 bridgehead atoms. The fourth-order valence-electron chi connectivity index (χ4n) is 3.32. The van der Waals surface area contributed by atoms with E-state index in [-0.39, 0.29) is 23.4 Å². The molecule has 150 valence electrons. The van der Waals surface area contributed by atoms with Gasteiger partial charge >= 0.3 is 0 Å². The predicted molar refractivity (Wildman–Crippen MR) is 114 cm³/mol. The summed E-state index contributed by atoms with van der Waals surface area (Å²) in [6, 6.07) is 12.9. The second-order valence-electron chi connectivity index (χ2n) is 7.21. The van der Waals surface area contributed by atoms with Crippen molar-refractivity contribution in [2.75, 3.05) is 17.2 Å². The quantitative estimate of drug-likeness (QED) is 0.733. The van der Waals surface area contributed by atoms with Crippen LogP contribution in [0.4, 0.5) is 11.4 Å². The van der Waals surface area contributed by atoms with E-state index in [2.05, 4.69) is 10.6 Å². The summed E-state index contributed by atoms with van der Waals surface area (Å²) in [5.41, 5.74) is 4.73. The smallest absolute Gasteiger partial charge is 0.278 e. The summed E-state index contributed by atoms with van der Waals surface area (Å²) in [5.74, 6) is -0.800. The molecule has 1 heterocycles. The highest BCUT2D eigenvalue weighted by Crippen LogP contribution is 2.32. The number of nitrogens with zero attached hydrogens (tertiary/aromatic N) is 1. The van der Waals surface area contributed by atoms with Crippen molar-refractivity contribution in [2.45, 2.75) is 34.1 Å². The second-order valence-corrected chi connectivity index (χ2v) is 7.21. The Bertz CT molecular complexity index is 1010. The van der Waals surface area contributed by atoms with Crippen LogP contribution >= 0.6 is 0 Å². The lowest BCUT2D eigenvalue weighted by molar-refractivity contribution is -0.136. The van der Waals surface area contributed by atoms with Crippen molar-refractivity contribution in [1.82, 2.24) is 4.90 Å². The van der Waals surface area contributed by atoms with Gasteiger partial charge in [0, 0.05) is 24.8 Å². The first-order valence-corrected chi connectivity index (χ1v) is 9.64. The standard InChI is InChI=1S/C23H25N3O3/c1-5-12-26-22(28)20(17-8-10-18(11-9-17)24-16(4)27)21(23(26)29)25-19-13-14(2)6-7-15(19)3/h6-11,13,25H,5,12H2,1-4H3,(H,24,27). The molecule has 0 radical (unpaired) electrons. The van der Waals surface area contributed by atoms with E-state index >= 15 is 0 Å². The van der Waals surface area contributed by atoms with Gasteiger partial charge in [0.05, 0.1) is 5.57 Å². The van der Waals surface area contributed by atoms with Crippen LogP contribution in [0.25, 0.3) is 5.57 Å². The number of hydrogen-bond donors (Lipinski definition) is 2. The molecule has 1 aliphatic heterocycles. The summed E-state index contributed by atoms with van der Waals surface area (Å²) >= 11 is 0. The van der Waals surface area contributed by atoms with E-state index in [4.69, 9.17) is 0 Å². The highest BCUT2D eigenvalue weighted by atomic mass is 16.2. The van der Waals surface area contributed by atoms with Crippen molar-refractivity contribution in [1.29, 1.82) is 0 Å². The second kappa shape index (κ2) is 8.31. The Morgan fingerprint density at radius 3 is 2.31 bits per heavy atom.